The molecular formula is C10H19NO3. The van der Waals surface area contributed by atoms with Gasteiger partial charge in [-0.15, -0.1) is 0 Å². The number of hydrogen-bond acceptors (Lipinski definition) is 2. The monoisotopic (exact) mass is 201 g/mol. The van der Waals surface area contributed by atoms with E-state index in [4.69, 9.17) is 5.11 Å². The lowest BCUT2D eigenvalue weighted by Crippen LogP contribution is -2.53. The van der Waals surface area contributed by atoms with Crippen molar-refractivity contribution in [2.24, 2.45) is 5.41 Å². The van der Waals surface area contributed by atoms with Crippen molar-refractivity contribution >= 4 is 11.9 Å². The predicted molar refractivity (Wildman–Crippen MR) is 53.9 cm³/mol. The molecule has 1 amide bonds. The molecule has 4 heteroatoms. The van der Waals surface area contributed by atoms with E-state index in [0.29, 0.717) is 6.42 Å². The quantitative estimate of drug-likeness (QED) is 0.722. The Balaban J connectivity index is 4.56. The van der Waals surface area contributed by atoms with Gasteiger partial charge in [0.2, 0.25) is 5.91 Å². The summed E-state index contributed by atoms with van der Waals surface area (Å²) in [5, 5.41) is 11.3. The van der Waals surface area contributed by atoms with Crippen molar-refractivity contribution in [3.8, 4) is 0 Å². The summed E-state index contributed by atoms with van der Waals surface area (Å²) < 4.78 is 0. The zero-order valence-corrected chi connectivity index (χ0v) is 9.47. The Morgan fingerprint density at radius 2 is 1.64 bits per heavy atom. The molecule has 0 aliphatic carbocycles. The van der Waals surface area contributed by atoms with Gasteiger partial charge in [-0.3, -0.25) is 4.79 Å². The van der Waals surface area contributed by atoms with E-state index in [0.717, 1.165) is 0 Å². The lowest BCUT2D eigenvalue weighted by atomic mass is 9.88. The van der Waals surface area contributed by atoms with Gasteiger partial charge in [-0.25, -0.2) is 4.79 Å². The maximum Gasteiger partial charge on any atom is 0.328 e. The highest BCUT2D eigenvalue weighted by atomic mass is 16.4. The Hall–Kier alpha value is -1.06. The normalized spacial score (nSPS) is 12.4. The van der Waals surface area contributed by atoms with Crippen molar-refractivity contribution in [2.45, 2.75) is 46.6 Å². The number of nitrogens with one attached hydrogen (secondary N) is 1. The van der Waals surface area contributed by atoms with E-state index in [2.05, 4.69) is 5.32 Å². The summed E-state index contributed by atoms with van der Waals surface area (Å²) in [7, 11) is 0. The van der Waals surface area contributed by atoms with Gasteiger partial charge >= 0.3 is 5.97 Å². The maximum absolute atomic E-state index is 11.6. The number of carboxylic acid groups (broad SMARTS) is 1. The molecule has 0 aromatic rings. The van der Waals surface area contributed by atoms with Gasteiger partial charge in [0.25, 0.3) is 0 Å². The number of rotatable bonds is 4. The third-order valence-corrected chi connectivity index (χ3v) is 2.46. The van der Waals surface area contributed by atoms with Crippen LogP contribution in [-0.4, -0.2) is 22.5 Å². The number of carbonyl (C=O) groups is 2. The van der Waals surface area contributed by atoms with Crippen LogP contribution >= 0.6 is 0 Å². The Labute approximate surface area is 84.7 Å². The minimum atomic E-state index is -1.20. The van der Waals surface area contributed by atoms with Gasteiger partial charge in [-0.05, 0) is 20.3 Å². The third kappa shape index (κ3) is 3.01. The first-order valence-electron chi connectivity index (χ1n) is 4.69. The molecule has 0 atom stereocenters. The van der Waals surface area contributed by atoms with Crippen molar-refractivity contribution in [3.63, 3.8) is 0 Å². The fourth-order valence-corrected chi connectivity index (χ4v) is 0.667. The molecule has 0 saturated heterocycles. The molecule has 0 aromatic heterocycles. The molecule has 14 heavy (non-hydrogen) atoms. The van der Waals surface area contributed by atoms with E-state index in [1.807, 2.05) is 6.92 Å². The van der Waals surface area contributed by atoms with E-state index in [1.54, 1.807) is 13.8 Å². The molecule has 0 heterocycles. The zero-order chi connectivity index (χ0) is 11.6. The number of carbonyl (C=O) groups excluding carboxylic acids is 1. The third-order valence-electron chi connectivity index (χ3n) is 2.46. The molecule has 0 fully saturated rings. The van der Waals surface area contributed by atoms with Crippen LogP contribution in [0.15, 0.2) is 0 Å². The molecule has 0 aromatic carbocycles. The number of amides is 1. The number of hydrogen-bond donors (Lipinski definition) is 2. The van der Waals surface area contributed by atoms with Crippen molar-refractivity contribution in [1.82, 2.24) is 5.32 Å². The van der Waals surface area contributed by atoms with Crippen molar-refractivity contribution < 1.29 is 14.7 Å². The van der Waals surface area contributed by atoms with Gasteiger partial charge in [-0.2, -0.15) is 0 Å². The van der Waals surface area contributed by atoms with Crippen LogP contribution in [0.4, 0.5) is 0 Å². The standard InChI is InChI=1S/C10H19NO3/c1-6-9(2,3)7(12)11-10(4,5)8(13)14/h6H2,1-5H3,(H,11,12)(H,13,14). The fraction of sp³-hybridized carbons (Fsp3) is 0.800. The minimum absolute atomic E-state index is 0.229. The second-order valence-electron chi connectivity index (χ2n) is 4.62. The van der Waals surface area contributed by atoms with Gasteiger partial charge in [-0.1, -0.05) is 20.8 Å². The summed E-state index contributed by atoms with van der Waals surface area (Å²) in [6.07, 6.45) is 0.675. The van der Waals surface area contributed by atoms with Gasteiger partial charge in [0.15, 0.2) is 0 Å². The molecule has 0 radical (unpaired) electrons. The van der Waals surface area contributed by atoms with Crippen molar-refractivity contribution in [3.05, 3.63) is 0 Å². The molecule has 0 bridgehead atoms. The van der Waals surface area contributed by atoms with E-state index in [1.165, 1.54) is 13.8 Å². The van der Waals surface area contributed by atoms with Gasteiger partial charge in [0, 0.05) is 5.41 Å². The van der Waals surface area contributed by atoms with E-state index >= 15 is 0 Å². The Bertz CT molecular complexity index is 244. The van der Waals surface area contributed by atoms with Crippen LogP contribution in [0.2, 0.25) is 0 Å². The van der Waals surface area contributed by atoms with E-state index < -0.39 is 16.9 Å². The summed E-state index contributed by atoms with van der Waals surface area (Å²) in [5.74, 6) is -1.26. The Kier molecular flexibility index (Phi) is 3.68. The van der Waals surface area contributed by atoms with Crippen LogP contribution in [0.1, 0.15) is 41.0 Å². The first-order chi connectivity index (χ1) is 6.13. The molecule has 0 aliphatic heterocycles. The highest BCUT2D eigenvalue weighted by molar-refractivity contribution is 5.88. The van der Waals surface area contributed by atoms with Gasteiger partial charge in [0.1, 0.15) is 5.54 Å². The lowest BCUT2D eigenvalue weighted by Gasteiger charge is -2.28. The molecule has 0 aliphatic rings. The topological polar surface area (TPSA) is 66.4 Å². The summed E-state index contributed by atoms with van der Waals surface area (Å²) >= 11 is 0. The largest absolute Gasteiger partial charge is 0.480 e. The lowest BCUT2D eigenvalue weighted by molar-refractivity contribution is -0.147. The van der Waals surface area contributed by atoms with Crippen LogP contribution in [0, 0.1) is 5.41 Å². The van der Waals surface area contributed by atoms with Crippen molar-refractivity contribution in [2.75, 3.05) is 0 Å². The van der Waals surface area contributed by atoms with Crippen LogP contribution in [0.3, 0.4) is 0 Å². The highest BCUT2D eigenvalue weighted by Gasteiger charge is 2.34. The molecule has 82 valence electrons. The second kappa shape index (κ2) is 3.98. The Morgan fingerprint density at radius 3 is 1.93 bits per heavy atom. The molecule has 0 spiro atoms. The summed E-state index contributed by atoms with van der Waals surface area (Å²) in [6, 6.07) is 0. The second-order valence-corrected chi connectivity index (χ2v) is 4.62. The zero-order valence-electron chi connectivity index (χ0n) is 9.47. The fourth-order valence-electron chi connectivity index (χ4n) is 0.667. The van der Waals surface area contributed by atoms with Crippen LogP contribution in [0.25, 0.3) is 0 Å². The molecular weight excluding hydrogens is 182 g/mol. The summed E-state index contributed by atoms with van der Waals surface area (Å²) in [5.41, 5.74) is -1.73. The molecule has 0 rings (SSSR count). The van der Waals surface area contributed by atoms with Crippen LogP contribution in [0.5, 0.6) is 0 Å². The van der Waals surface area contributed by atoms with Gasteiger partial charge in [0.05, 0.1) is 0 Å². The number of carboxylic acids is 1. The smallest absolute Gasteiger partial charge is 0.328 e. The van der Waals surface area contributed by atoms with E-state index in [9.17, 15) is 9.59 Å². The molecule has 0 saturated carbocycles. The number of aliphatic carboxylic acids is 1. The van der Waals surface area contributed by atoms with Crippen LogP contribution < -0.4 is 5.32 Å². The van der Waals surface area contributed by atoms with Crippen molar-refractivity contribution in [1.29, 1.82) is 0 Å². The molecule has 0 unspecified atom stereocenters. The average molecular weight is 201 g/mol. The molecule has 4 nitrogen and oxygen atoms in total. The van der Waals surface area contributed by atoms with Gasteiger partial charge < -0.3 is 10.4 Å². The Morgan fingerprint density at radius 1 is 1.21 bits per heavy atom. The SMILES string of the molecule is CCC(C)(C)C(=O)NC(C)(C)C(=O)O. The first kappa shape index (κ1) is 12.9. The maximum atomic E-state index is 11.6. The highest BCUT2D eigenvalue weighted by Crippen LogP contribution is 2.20. The summed E-state index contributed by atoms with van der Waals surface area (Å²) in [6.45, 7) is 8.42. The molecule has 2 N–H and O–H groups in total. The predicted octanol–water partition coefficient (Wildman–Crippen LogP) is 1.40. The summed E-state index contributed by atoms with van der Waals surface area (Å²) in [4.78, 5) is 22.4. The van der Waals surface area contributed by atoms with E-state index in [-0.39, 0.29) is 5.91 Å². The van der Waals surface area contributed by atoms with Crippen LogP contribution in [-0.2, 0) is 9.59 Å². The average Bonchev–Trinajstić information content (AvgIpc) is 2.03. The first-order valence-corrected chi connectivity index (χ1v) is 4.69. The minimum Gasteiger partial charge on any atom is -0.480 e.